The molecule has 2 N–H and O–H groups in total. The van der Waals surface area contributed by atoms with E-state index in [1.807, 2.05) is 6.08 Å². The van der Waals surface area contributed by atoms with Gasteiger partial charge in [0.1, 0.15) is 23.9 Å². The standard InChI is InChI=1S/C23H36O7/c1-16(10-12-19(30-15-27-3)8-6-7-17(2)24)9-11-18-13-20(28-4)14-21(29-5)22(18)23(25)26/h9,11,13-14,16-17,19,24H,6-8,10,12,15H2,1-5H3,(H,25,26)/b11-9+/t16-,17-,19+/m0/s1. The molecule has 0 radical (unpaired) electrons. The second-order valence-electron chi connectivity index (χ2n) is 7.49. The highest BCUT2D eigenvalue weighted by atomic mass is 16.7. The number of hydrogen-bond acceptors (Lipinski definition) is 6. The number of hydrogen-bond donors (Lipinski definition) is 2. The van der Waals surface area contributed by atoms with Gasteiger partial charge in [0, 0.05) is 13.2 Å². The highest BCUT2D eigenvalue weighted by molar-refractivity contribution is 5.95. The highest BCUT2D eigenvalue weighted by Crippen LogP contribution is 2.30. The molecule has 0 saturated heterocycles. The first-order chi connectivity index (χ1) is 14.3. The maximum atomic E-state index is 11.7. The summed E-state index contributed by atoms with van der Waals surface area (Å²) in [5.41, 5.74) is 0.649. The molecule has 0 bridgehead atoms. The number of carbonyl (C=O) groups is 1. The Hall–Kier alpha value is -2.09. The number of benzene rings is 1. The predicted molar refractivity (Wildman–Crippen MR) is 116 cm³/mol. The minimum Gasteiger partial charge on any atom is -0.497 e. The molecule has 170 valence electrons. The van der Waals surface area contributed by atoms with Gasteiger partial charge in [-0.05, 0) is 56.6 Å². The van der Waals surface area contributed by atoms with Crippen LogP contribution in [-0.4, -0.2) is 56.5 Å². The van der Waals surface area contributed by atoms with E-state index in [9.17, 15) is 15.0 Å². The van der Waals surface area contributed by atoms with Crippen LogP contribution in [0.4, 0.5) is 0 Å². The quantitative estimate of drug-likeness (QED) is 0.404. The number of allylic oxidation sites excluding steroid dienone is 1. The highest BCUT2D eigenvalue weighted by Gasteiger charge is 2.17. The molecular weight excluding hydrogens is 388 g/mol. The number of aromatic carboxylic acids is 1. The van der Waals surface area contributed by atoms with Crippen LogP contribution in [-0.2, 0) is 9.47 Å². The van der Waals surface area contributed by atoms with Crippen molar-refractivity contribution in [2.75, 3.05) is 28.1 Å². The van der Waals surface area contributed by atoms with Gasteiger partial charge in [0.25, 0.3) is 0 Å². The number of aliphatic hydroxyl groups is 1. The molecular formula is C23H36O7. The van der Waals surface area contributed by atoms with Crippen LogP contribution in [0, 0.1) is 5.92 Å². The van der Waals surface area contributed by atoms with Crippen molar-refractivity contribution in [2.45, 2.75) is 58.2 Å². The molecule has 0 aliphatic carbocycles. The molecule has 0 aromatic heterocycles. The first-order valence-electron chi connectivity index (χ1n) is 10.3. The number of ether oxygens (including phenoxy) is 4. The molecule has 0 amide bonds. The number of carboxylic acids is 1. The molecule has 0 fully saturated rings. The van der Waals surface area contributed by atoms with Crippen LogP contribution in [0.2, 0.25) is 0 Å². The van der Waals surface area contributed by atoms with Crippen LogP contribution < -0.4 is 9.47 Å². The summed E-state index contributed by atoms with van der Waals surface area (Å²) in [4.78, 5) is 11.7. The van der Waals surface area contributed by atoms with Crippen LogP contribution >= 0.6 is 0 Å². The Kier molecular flexibility index (Phi) is 12.1. The van der Waals surface area contributed by atoms with Crippen molar-refractivity contribution in [2.24, 2.45) is 5.92 Å². The largest absolute Gasteiger partial charge is 0.497 e. The molecule has 3 atom stereocenters. The second kappa shape index (κ2) is 14.0. The van der Waals surface area contributed by atoms with E-state index < -0.39 is 5.97 Å². The van der Waals surface area contributed by atoms with Crippen LogP contribution in [0.25, 0.3) is 6.08 Å². The van der Waals surface area contributed by atoms with Crippen molar-refractivity contribution in [3.05, 3.63) is 29.3 Å². The Balaban J connectivity index is 2.80. The summed E-state index contributed by atoms with van der Waals surface area (Å²) in [6.07, 6.45) is 7.77. The molecule has 1 rings (SSSR count). The van der Waals surface area contributed by atoms with Gasteiger partial charge in [-0.2, -0.15) is 0 Å². The number of methoxy groups -OCH3 is 3. The zero-order valence-corrected chi connectivity index (χ0v) is 18.7. The van der Waals surface area contributed by atoms with Crippen LogP contribution in [0.15, 0.2) is 18.2 Å². The summed E-state index contributed by atoms with van der Waals surface area (Å²) < 4.78 is 21.3. The SMILES string of the molecule is COCO[C@H](CCC[C@H](C)O)CC[C@@H](C)/C=C/c1cc(OC)cc(OC)c1C(=O)O. The predicted octanol–water partition coefficient (Wildman–Crippen LogP) is 4.37. The smallest absolute Gasteiger partial charge is 0.340 e. The van der Waals surface area contributed by atoms with E-state index in [-0.39, 0.29) is 36.2 Å². The van der Waals surface area contributed by atoms with Gasteiger partial charge in [0.05, 0.1) is 26.4 Å². The fourth-order valence-electron chi connectivity index (χ4n) is 3.18. The van der Waals surface area contributed by atoms with Crippen LogP contribution in [0.1, 0.15) is 61.9 Å². The zero-order chi connectivity index (χ0) is 22.5. The van der Waals surface area contributed by atoms with Gasteiger partial charge in [-0.25, -0.2) is 4.79 Å². The lowest BCUT2D eigenvalue weighted by atomic mass is 9.97. The minimum atomic E-state index is -1.05. The first-order valence-corrected chi connectivity index (χ1v) is 10.3. The molecule has 30 heavy (non-hydrogen) atoms. The summed E-state index contributed by atoms with van der Waals surface area (Å²) in [6, 6.07) is 3.25. The van der Waals surface area contributed by atoms with E-state index >= 15 is 0 Å². The molecule has 0 saturated carbocycles. The molecule has 0 aliphatic heterocycles. The van der Waals surface area contributed by atoms with E-state index in [4.69, 9.17) is 18.9 Å². The monoisotopic (exact) mass is 424 g/mol. The fourth-order valence-corrected chi connectivity index (χ4v) is 3.18. The van der Waals surface area contributed by atoms with Crippen molar-refractivity contribution in [1.82, 2.24) is 0 Å². The van der Waals surface area contributed by atoms with Crippen molar-refractivity contribution in [3.8, 4) is 11.5 Å². The third-order valence-corrected chi connectivity index (χ3v) is 4.89. The lowest BCUT2D eigenvalue weighted by Crippen LogP contribution is -2.16. The maximum absolute atomic E-state index is 11.7. The Bertz CT molecular complexity index is 670. The van der Waals surface area contributed by atoms with E-state index in [0.29, 0.717) is 11.3 Å². The van der Waals surface area contributed by atoms with Crippen molar-refractivity contribution >= 4 is 12.0 Å². The van der Waals surface area contributed by atoms with Crippen LogP contribution in [0.3, 0.4) is 0 Å². The maximum Gasteiger partial charge on any atom is 0.340 e. The van der Waals surface area contributed by atoms with Gasteiger partial charge >= 0.3 is 5.97 Å². The lowest BCUT2D eigenvalue weighted by Gasteiger charge is -2.19. The van der Waals surface area contributed by atoms with Crippen molar-refractivity contribution < 1.29 is 34.0 Å². The van der Waals surface area contributed by atoms with Gasteiger partial charge in [-0.1, -0.05) is 19.1 Å². The fraction of sp³-hybridized carbons (Fsp3) is 0.609. The van der Waals surface area contributed by atoms with Crippen molar-refractivity contribution in [3.63, 3.8) is 0 Å². The minimum absolute atomic E-state index is 0.0612. The summed E-state index contributed by atoms with van der Waals surface area (Å²) in [7, 11) is 4.57. The van der Waals surface area contributed by atoms with Gasteiger partial charge < -0.3 is 29.2 Å². The summed E-state index contributed by atoms with van der Waals surface area (Å²) in [5.74, 6) is -0.0298. The molecule has 0 heterocycles. The average molecular weight is 425 g/mol. The van der Waals surface area contributed by atoms with Gasteiger partial charge in [0.15, 0.2) is 0 Å². The van der Waals surface area contributed by atoms with E-state index in [0.717, 1.165) is 32.1 Å². The molecule has 1 aromatic carbocycles. The average Bonchev–Trinajstić information content (AvgIpc) is 2.72. The van der Waals surface area contributed by atoms with E-state index in [1.165, 1.54) is 14.2 Å². The molecule has 0 spiro atoms. The Morgan fingerprint density at radius 1 is 1.07 bits per heavy atom. The first kappa shape index (κ1) is 25.9. The zero-order valence-electron chi connectivity index (χ0n) is 18.7. The lowest BCUT2D eigenvalue weighted by molar-refractivity contribution is -0.0784. The summed E-state index contributed by atoms with van der Waals surface area (Å²) in [5, 5.41) is 19.0. The number of aliphatic hydroxyl groups excluding tert-OH is 1. The Morgan fingerprint density at radius 2 is 1.80 bits per heavy atom. The normalized spacial score (nSPS) is 14.5. The number of carboxylic acid groups (broad SMARTS) is 1. The van der Waals surface area contributed by atoms with Gasteiger partial charge in [0.2, 0.25) is 0 Å². The topological polar surface area (TPSA) is 94.5 Å². The summed E-state index contributed by atoms with van der Waals surface area (Å²) >= 11 is 0. The van der Waals surface area contributed by atoms with Crippen molar-refractivity contribution in [1.29, 1.82) is 0 Å². The second-order valence-corrected chi connectivity index (χ2v) is 7.49. The summed E-state index contributed by atoms with van der Waals surface area (Å²) in [6.45, 7) is 4.11. The molecule has 0 aliphatic rings. The van der Waals surface area contributed by atoms with Gasteiger partial charge in [-0.3, -0.25) is 0 Å². The van der Waals surface area contributed by atoms with Crippen LogP contribution in [0.5, 0.6) is 11.5 Å². The van der Waals surface area contributed by atoms with Gasteiger partial charge in [-0.15, -0.1) is 0 Å². The van der Waals surface area contributed by atoms with E-state index in [1.54, 1.807) is 32.2 Å². The number of rotatable bonds is 15. The Morgan fingerprint density at radius 3 is 2.37 bits per heavy atom. The molecule has 0 unspecified atom stereocenters. The molecule has 1 aromatic rings. The van der Waals surface area contributed by atoms with E-state index in [2.05, 4.69) is 6.92 Å². The molecule has 7 heteroatoms. The molecule has 7 nitrogen and oxygen atoms in total. The third kappa shape index (κ3) is 9.15. The third-order valence-electron chi connectivity index (χ3n) is 4.89. The Labute approximate surface area is 179 Å².